The highest BCUT2D eigenvalue weighted by Crippen LogP contribution is 2.14. The van der Waals surface area contributed by atoms with Crippen LogP contribution < -0.4 is 5.43 Å². The van der Waals surface area contributed by atoms with Crippen molar-refractivity contribution in [1.82, 2.24) is 20.2 Å². The minimum absolute atomic E-state index is 0.181. The van der Waals surface area contributed by atoms with Crippen molar-refractivity contribution in [2.45, 2.75) is 10.1 Å². The third-order valence-electron chi connectivity index (χ3n) is 2.52. The lowest BCUT2D eigenvalue weighted by Gasteiger charge is -2.00. The molecule has 1 heterocycles. The topological polar surface area (TPSA) is 72.2 Å². The van der Waals surface area contributed by atoms with E-state index in [4.69, 9.17) is 0 Å². The number of hydrogen-bond donors (Lipinski definition) is 1. The molecule has 0 radical (unpaired) electrons. The molecule has 1 N–H and O–H groups in total. The molecule has 1 amide bonds. The van der Waals surface area contributed by atoms with E-state index in [0.717, 1.165) is 5.56 Å². The number of benzene rings is 1. The first-order valence-electron chi connectivity index (χ1n) is 6.12. The van der Waals surface area contributed by atoms with Crippen LogP contribution in [-0.4, -0.2) is 38.9 Å². The third kappa shape index (κ3) is 4.91. The van der Waals surface area contributed by atoms with Crippen LogP contribution in [-0.2, 0) is 11.8 Å². The predicted molar refractivity (Wildman–Crippen MR) is 85.7 cm³/mol. The van der Waals surface area contributed by atoms with Gasteiger partial charge in [0.25, 0.3) is 5.91 Å². The number of carbonyl (C=O) groups excluding carboxylic acids is 1. The third-order valence-corrected chi connectivity index (χ3v) is 4.30. The lowest BCUT2D eigenvalue weighted by molar-refractivity contribution is -0.118. The van der Waals surface area contributed by atoms with E-state index in [1.54, 1.807) is 28.9 Å². The highest BCUT2D eigenvalue weighted by molar-refractivity contribution is 7.99. The van der Waals surface area contributed by atoms with Crippen molar-refractivity contribution in [2.75, 3.05) is 12.0 Å². The summed E-state index contributed by atoms with van der Waals surface area (Å²) in [4.78, 5) is 12.8. The number of amides is 1. The Morgan fingerprint density at radius 2 is 2.19 bits per heavy atom. The summed E-state index contributed by atoms with van der Waals surface area (Å²) in [6, 6.07) is 7.93. The van der Waals surface area contributed by atoms with E-state index < -0.39 is 0 Å². The van der Waals surface area contributed by atoms with Gasteiger partial charge >= 0.3 is 0 Å². The fraction of sp³-hybridized carbons (Fsp3) is 0.231. The summed E-state index contributed by atoms with van der Waals surface area (Å²) in [6.45, 7) is 0. The van der Waals surface area contributed by atoms with E-state index in [9.17, 15) is 4.79 Å². The second-order valence-corrected chi connectivity index (χ2v) is 5.90. The number of nitrogens with zero attached hydrogens (tertiary/aromatic N) is 4. The fourth-order valence-electron chi connectivity index (χ4n) is 1.43. The van der Waals surface area contributed by atoms with Crippen LogP contribution in [0.2, 0.25) is 0 Å². The van der Waals surface area contributed by atoms with Gasteiger partial charge in [-0.05, 0) is 24.0 Å². The lowest BCUT2D eigenvalue weighted by Crippen LogP contribution is -2.19. The molecule has 0 atom stereocenters. The second-order valence-electron chi connectivity index (χ2n) is 4.08. The number of aryl methyl sites for hydroxylation is 1. The van der Waals surface area contributed by atoms with Crippen molar-refractivity contribution in [1.29, 1.82) is 0 Å². The Bertz CT molecular complexity index is 624. The Labute approximate surface area is 131 Å². The van der Waals surface area contributed by atoms with Crippen molar-refractivity contribution in [3.05, 3.63) is 36.2 Å². The average molecular weight is 321 g/mol. The van der Waals surface area contributed by atoms with Crippen LogP contribution in [0.3, 0.4) is 0 Å². The number of aromatic nitrogens is 3. The molecule has 0 fully saturated rings. The van der Waals surface area contributed by atoms with E-state index >= 15 is 0 Å². The first kappa shape index (κ1) is 15.6. The van der Waals surface area contributed by atoms with Crippen LogP contribution in [0.1, 0.15) is 5.56 Å². The Morgan fingerprint density at radius 3 is 2.81 bits per heavy atom. The van der Waals surface area contributed by atoms with Crippen LogP contribution in [0.25, 0.3) is 0 Å². The summed E-state index contributed by atoms with van der Waals surface area (Å²) >= 11 is 3.00. The van der Waals surface area contributed by atoms with Gasteiger partial charge in [-0.1, -0.05) is 23.9 Å². The van der Waals surface area contributed by atoms with Gasteiger partial charge in [0.05, 0.1) is 12.0 Å². The van der Waals surface area contributed by atoms with E-state index in [-0.39, 0.29) is 11.7 Å². The molecule has 1 aromatic heterocycles. The largest absolute Gasteiger partial charge is 0.312 e. The molecule has 0 saturated carbocycles. The molecule has 21 heavy (non-hydrogen) atoms. The summed E-state index contributed by atoms with van der Waals surface area (Å²) in [7, 11) is 1.83. The zero-order valence-corrected chi connectivity index (χ0v) is 13.3. The smallest absolute Gasteiger partial charge is 0.250 e. The van der Waals surface area contributed by atoms with Gasteiger partial charge in [0.2, 0.25) is 0 Å². The van der Waals surface area contributed by atoms with E-state index in [1.165, 1.54) is 16.7 Å². The zero-order valence-electron chi connectivity index (χ0n) is 11.7. The summed E-state index contributed by atoms with van der Waals surface area (Å²) in [5, 5.41) is 12.3. The molecule has 0 unspecified atom stereocenters. The van der Waals surface area contributed by atoms with Crippen molar-refractivity contribution in [2.24, 2.45) is 12.1 Å². The molecule has 0 bridgehead atoms. The van der Waals surface area contributed by atoms with E-state index in [1.807, 2.05) is 37.6 Å². The van der Waals surface area contributed by atoms with Crippen LogP contribution in [0, 0.1) is 0 Å². The summed E-state index contributed by atoms with van der Waals surface area (Å²) in [5.74, 6) is 0.0648. The average Bonchev–Trinajstić information content (AvgIpc) is 2.91. The molecule has 1 aromatic carbocycles. The Morgan fingerprint density at radius 1 is 1.43 bits per heavy atom. The van der Waals surface area contributed by atoms with Gasteiger partial charge in [0.1, 0.15) is 6.33 Å². The summed E-state index contributed by atoms with van der Waals surface area (Å²) in [6.07, 6.45) is 5.24. The van der Waals surface area contributed by atoms with Gasteiger partial charge in [0, 0.05) is 11.9 Å². The summed E-state index contributed by atoms with van der Waals surface area (Å²) < 4.78 is 1.76. The minimum Gasteiger partial charge on any atom is -0.312 e. The van der Waals surface area contributed by atoms with Gasteiger partial charge in [-0.2, -0.15) is 5.10 Å². The molecular weight excluding hydrogens is 306 g/mol. The van der Waals surface area contributed by atoms with Crippen molar-refractivity contribution < 1.29 is 4.79 Å². The zero-order chi connectivity index (χ0) is 15.1. The number of hydrazone groups is 1. The number of hydrogen-bond acceptors (Lipinski definition) is 6. The van der Waals surface area contributed by atoms with Gasteiger partial charge in [-0.25, -0.2) is 5.43 Å². The minimum atomic E-state index is -0.181. The molecule has 2 rings (SSSR count). The predicted octanol–water partition coefficient (Wildman–Crippen LogP) is 1.78. The molecule has 0 saturated heterocycles. The van der Waals surface area contributed by atoms with Crippen molar-refractivity contribution in [3.63, 3.8) is 0 Å². The number of rotatable bonds is 6. The second kappa shape index (κ2) is 7.84. The first-order chi connectivity index (χ1) is 10.2. The highest BCUT2D eigenvalue weighted by Gasteiger charge is 2.05. The monoisotopic (exact) mass is 321 g/mol. The summed E-state index contributed by atoms with van der Waals surface area (Å²) in [5.41, 5.74) is 3.43. The Kier molecular flexibility index (Phi) is 5.82. The molecule has 0 spiro atoms. The van der Waals surface area contributed by atoms with Crippen LogP contribution in [0.5, 0.6) is 0 Å². The molecule has 110 valence electrons. The van der Waals surface area contributed by atoms with Crippen molar-refractivity contribution in [3.8, 4) is 0 Å². The van der Waals surface area contributed by atoms with Crippen LogP contribution >= 0.6 is 23.5 Å². The fourth-order valence-corrected chi connectivity index (χ4v) is 2.52. The SMILES string of the molecule is CSc1ccc(/C=N\NC(=O)CSc2nncn2C)cc1. The Balaban J connectivity index is 1.77. The van der Waals surface area contributed by atoms with Crippen LogP contribution in [0.15, 0.2) is 45.7 Å². The number of carbonyl (C=O) groups is 1. The number of nitrogens with one attached hydrogen (secondary N) is 1. The maximum Gasteiger partial charge on any atom is 0.250 e. The first-order valence-corrected chi connectivity index (χ1v) is 8.33. The molecule has 0 aliphatic heterocycles. The van der Waals surface area contributed by atoms with Gasteiger partial charge in [-0.3, -0.25) is 4.79 Å². The molecule has 8 heteroatoms. The number of thioether (sulfide) groups is 2. The van der Waals surface area contributed by atoms with E-state index in [2.05, 4.69) is 20.7 Å². The molecule has 0 aliphatic rings. The molecule has 6 nitrogen and oxygen atoms in total. The van der Waals surface area contributed by atoms with Crippen LogP contribution in [0.4, 0.5) is 0 Å². The van der Waals surface area contributed by atoms with E-state index in [0.29, 0.717) is 5.16 Å². The highest BCUT2D eigenvalue weighted by atomic mass is 32.2. The molecule has 0 aliphatic carbocycles. The molecule has 2 aromatic rings. The molecular formula is C13H15N5OS2. The standard InChI is InChI=1S/C13H15N5OS2/c1-18-9-15-17-13(18)21-8-12(19)16-14-7-10-3-5-11(20-2)6-4-10/h3-7,9H,8H2,1-2H3,(H,16,19)/b14-7-. The lowest BCUT2D eigenvalue weighted by atomic mass is 10.2. The van der Waals surface area contributed by atoms with Crippen molar-refractivity contribution >= 4 is 35.6 Å². The van der Waals surface area contributed by atoms with Gasteiger partial charge in [0.15, 0.2) is 5.16 Å². The maximum atomic E-state index is 11.6. The van der Waals surface area contributed by atoms with Gasteiger partial charge < -0.3 is 4.57 Å². The quantitative estimate of drug-likeness (QED) is 0.499. The van der Waals surface area contributed by atoms with Gasteiger partial charge in [-0.15, -0.1) is 22.0 Å². The Hall–Kier alpha value is -1.80. The normalized spacial score (nSPS) is 11.0. The maximum absolute atomic E-state index is 11.6.